The van der Waals surface area contributed by atoms with Crippen molar-refractivity contribution in [3.8, 4) is 28.6 Å². The zero-order valence-electron chi connectivity index (χ0n) is 19.5. The van der Waals surface area contributed by atoms with Gasteiger partial charge in [0.2, 0.25) is 11.8 Å². The summed E-state index contributed by atoms with van der Waals surface area (Å²) in [4.78, 5) is 0. The van der Waals surface area contributed by atoms with Crippen molar-refractivity contribution < 1.29 is 13.9 Å². The molecule has 5 rings (SSSR count). The first-order valence-electron chi connectivity index (χ1n) is 11.4. The highest BCUT2D eigenvalue weighted by Gasteiger charge is 2.25. The number of thioether (sulfide) groups is 1. The molecule has 0 bridgehead atoms. The van der Waals surface area contributed by atoms with E-state index in [0.29, 0.717) is 18.3 Å². The van der Waals surface area contributed by atoms with Crippen molar-refractivity contribution in [1.82, 2.24) is 25.0 Å². The molecule has 1 aliphatic rings. The lowest BCUT2D eigenvalue weighted by Gasteiger charge is -2.15. The predicted molar refractivity (Wildman–Crippen MR) is 130 cm³/mol. The summed E-state index contributed by atoms with van der Waals surface area (Å²) in [6, 6.07) is 15.9. The first-order chi connectivity index (χ1) is 16.6. The maximum absolute atomic E-state index is 5.99. The van der Waals surface area contributed by atoms with E-state index in [2.05, 4.69) is 31.9 Å². The molecule has 1 saturated heterocycles. The molecule has 34 heavy (non-hydrogen) atoms. The topological polar surface area (TPSA) is 88.1 Å². The monoisotopic (exact) mass is 477 g/mol. The summed E-state index contributed by atoms with van der Waals surface area (Å²) in [5, 5.41) is 18.3. The van der Waals surface area contributed by atoms with Crippen molar-refractivity contribution in [3.63, 3.8) is 0 Å². The lowest BCUT2D eigenvalue weighted by atomic mass is 10.1. The normalized spacial score (nSPS) is 16.6. The van der Waals surface area contributed by atoms with Crippen molar-refractivity contribution in [2.24, 2.45) is 0 Å². The Labute approximate surface area is 202 Å². The first kappa shape index (κ1) is 22.6. The lowest BCUT2D eigenvalue weighted by molar-refractivity contribution is 0.0953. The van der Waals surface area contributed by atoms with E-state index < -0.39 is 0 Å². The smallest absolute Gasteiger partial charge is 0.247 e. The second-order valence-corrected chi connectivity index (χ2v) is 9.66. The average Bonchev–Trinajstić information content (AvgIpc) is 3.62. The Morgan fingerprint density at radius 3 is 2.50 bits per heavy atom. The number of hydrogen-bond acceptors (Lipinski definition) is 8. The van der Waals surface area contributed by atoms with Crippen LogP contribution in [-0.4, -0.2) is 44.8 Å². The van der Waals surface area contributed by atoms with Crippen LogP contribution in [0.3, 0.4) is 0 Å². The fraction of sp³-hybridized carbons (Fsp3) is 0.360. The van der Waals surface area contributed by atoms with Gasteiger partial charge in [0.1, 0.15) is 5.75 Å². The van der Waals surface area contributed by atoms with Gasteiger partial charge in [0.25, 0.3) is 0 Å². The lowest BCUT2D eigenvalue weighted by Crippen LogP contribution is -2.16. The first-order valence-corrected chi connectivity index (χ1v) is 12.2. The van der Waals surface area contributed by atoms with Crippen LogP contribution in [0.15, 0.2) is 58.1 Å². The molecular weight excluding hydrogens is 450 g/mol. The van der Waals surface area contributed by atoms with Crippen LogP contribution in [0.1, 0.15) is 36.5 Å². The summed E-state index contributed by atoms with van der Waals surface area (Å²) >= 11 is 1.55. The molecule has 8 nitrogen and oxygen atoms in total. The highest BCUT2D eigenvalue weighted by atomic mass is 32.2. The van der Waals surface area contributed by atoms with E-state index in [-0.39, 0.29) is 11.4 Å². The van der Waals surface area contributed by atoms with E-state index in [1.807, 2.05) is 55.5 Å². The fourth-order valence-electron chi connectivity index (χ4n) is 3.91. The van der Waals surface area contributed by atoms with Crippen LogP contribution in [-0.2, 0) is 11.3 Å². The third-order valence-corrected chi connectivity index (χ3v) is 6.91. The van der Waals surface area contributed by atoms with Gasteiger partial charge in [-0.05, 0) is 63.1 Å². The molecule has 1 aliphatic heterocycles. The summed E-state index contributed by atoms with van der Waals surface area (Å²) in [5.74, 6) is 2.68. The van der Waals surface area contributed by atoms with E-state index in [1.54, 1.807) is 18.9 Å². The van der Waals surface area contributed by atoms with Gasteiger partial charge in [-0.3, -0.25) is 4.57 Å². The molecule has 2 aromatic carbocycles. The van der Waals surface area contributed by atoms with Crippen LogP contribution in [0, 0.1) is 6.92 Å². The van der Waals surface area contributed by atoms with Gasteiger partial charge in [-0.15, -0.1) is 20.4 Å². The average molecular weight is 478 g/mol. The number of ether oxygens (including phenoxy) is 2. The molecule has 1 fully saturated rings. The third kappa shape index (κ3) is 4.85. The number of rotatable bonds is 8. The minimum Gasteiger partial charge on any atom is -0.497 e. The Morgan fingerprint density at radius 1 is 1.03 bits per heavy atom. The van der Waals surface area contributed by atoms with Crippen molar-refractivity contribution >= 4 is 11.8 Å². The molecule has 2 aromatic heterocycles. The maximum atomic E-state index is 5.99. The maximum Gasteiger partial charge on any atom is 0.247 e. The van der Waals surface area contributed by atoms with Gasteiger partial charge >= 0.3 is 0 Å². The minimum atomic E-state index is -0.0946. The predicted octanol–water partition coefficient (Wildman–Crippen LogP) is 5.34. The van der Waals surface area contributed by atoms with Crippen molar-refractivity contribution in [2.45, 2.75) is 49.7 Å². The van der Waals surface area contributed by atoms with E-state index >= 15 is 0 Å². The molecule has 2 unspecified atom stereocenters. The SMILES string of the molecule is COc1ccc(-c2nnc(SC(C)c3nnc(-c4ccc(C)cc4)o3)n2CC2CCCO2)cc1. The zero-order valence-corrected chi connectivity index (χ0v) is 20.3. The van der Waals surface area contributed by atoms with Crippen molar-refractivity contribution in [3.05, 3.63) is 60.0 Å². The largest absolute Gasteiger partial charge is 0.497 e. The van der Waals surface area contributed by atoms with E-state index in [4.69, 9.17) is 13.9 Å². The molecule has 0 radical (unpaired) electrons. The highest BCUT2D eigenvalue weighted by molar-refractivity contribution is 7.99. The van der Waals surface area contributed by atoms with Crippen LogP contribution in [0.2, 0.25) is 0 Å². The summed E-state index contributed by atoms with van der Waals surface area (Å²) < 4.78 is 19.3. The van der Waals surface area contributed by atoms with Crippen LogP contribution in [0.5, 0.6) is 5.75 Å². The molecule has 0 N–H and O–H groups in total. The standard InChI is InChI=1S/C25H27N5O3S/c1-16-6-8-19(9-7-16)24-28-27-23(33-24)17(2)34-25-29-26-22(18-10-12-20(31-3)13-11-18)30(25)15-21-5-4-14-32-21/h6-13,17,21H,4-5,14-15H2,1-3H3. The summed E-state index contributed by atoms with van der Waals surface area (Å²) in [5.41, 5.74) is 3.07. The van der Waals surface area contributed by atoms with Gasteiger partial charge in [-0.1, -0.05) is 29.5 Å². The van der Waals surface area contributed by atoms with Crippen LogP contribution in [0.4, 0.5) is 0 Å². The number of aryl methyl sites for hydroxylation is 1. The Hall–Kier alpha value is -3.17. The van der Waals surface area contributed by atoms with Crippen molar-refractivity contribution in [2.75, 3.05) is 13.7 Å². The number of aromatic nitrogens is 5. The summed E-state index contributed by atoms with van der Waals surface area (Å²) in [6.45, 7) is 5.58. The Kier molecular flexibility index (Phi) is 6.64. The molecule has 0 aliphatic carbocycles. The second-order valence-electron chi connectivity index (χ2n) is 8.35. The number of benzene rings is 2. The van der Waals surface area contributed by atoms with Crippen LogP contribution >= 0.6 is 11.8 Å². The van der Waals surface area contributed by atoms with Gasteiger partial charge in [-0.2, -0.15) is 0 Å². The van der Waals surface area contributed by atoms with Crippen molar-refractivity contribution in [1.29, 1.82) is 0 Å². The zero-order chi connectivity index (χ0) is 23.5. The molecule has 4 aromatic rings. The third-order valence-electron chi connectivity index (χ3n) is 5.84. The Bertz CT molecular complexity index is 1230. The Balaban J connectivity index is 1.40. The number of methoxy groups -OCH3 is 1. The Morgan fingerprint density at radius 2 is 1.79 bits per heavy atom. The van der Waals surface area contributed by atoms with Crippen LogP contribution < -0.4 is 4.74 Å². The summed E-state index contributed by atoms with van der Waals surface area (Å²) in [7, 11) is 1.66. The van der Waals surface area contributed by atoms with Gasteiger partial charge in [-0.25, -0.2) is 0 Å². The number of hydrogen-bond donors (Lipinski definition) is 0. The molecule has 3 heterocycles. The molecular formula is C25H27N5O3S. The second kappa shape index (κ2) is 9.99. The molecule has 9 heteroatoms. The fourth-order valence-corrected chi connectivity index (χ4v) is 4.79. The molecule has 0 saturated carbocycles. The molecule has 0 amide bonds. The molecule has 176 valence electrons. The quantitative estimate of drug-likeness (QED) is 0.314. The molecule has 2 atom stereocenters. The van der Waals surface area contributed by atoms with Gasteiger partial charge in [0.05, 0.1) is 25.0 Å². The van der Waals surface area contributed by atoms with Gasteiger partial charge < -0.3 is 13.9 Å². The molecule has 0 spiro atoms. The van der Waals surface area contributed by atoms with E-state index in [9.17, 15) is 0 Å². The number of nitrogens with zero attached hydrogens (tertiary/aromatic N) is 5. The van der Waals surface area contributed by atoms with Gasteiger partial charge in [0.15, 0.2) is 11.0 Å². The van der Waals surface area contributed by atoms with Gasteiger partial charge in [0, 0.05) is 17.7 Å². The van der Waals surface area contributed by atoms with E-state index in [1.165, 1.54) is 5.56 Å². The van der Waals surface area contributed by atoms with Crippen LogP contribution in [0.25, 0.3) is 22.8 Å². The minimum absolute atomic E-state index is 0.0946. The van der Waals surface area contributed by atoms with E-state index in [0.717, 1.165) is 47.3 Å². The highest BCUT2D eigenvalue weighted by Crippen LogP contribution is 2.36. The summed E-state index contributed by atoms with van der Waals surface area (Å²) in [6.07, 6.45) is 2.26.